The monoisotopic (exact) mass is 495 g/mol. The average molecular weight is 496 g/mol. The second-order valence-electron chi connectivity index (χ2n) is 8.43. The predicted molar refractivity (Wildman–Crippen MR) is 132 cm³/mol. The summed E-state index contributed by atoms with van der Waals surface area (Å²) in [4.78, 5) is 23.2. The quantitative estimate of drug-likeness (QED) is 0.387. The van der Waals surface area contributed by atoms with Crippen LogP contribution in [0, 0.1) is 0 Å². The summed E-state index contributed by atoms with van der Waals surface area (Å²) < 4.78 is 38.9. The van der Waals surface area contributed by atoms with Crippen LogP contribution in [0.25, 0.3) is 28.2 Å². The Bertz CT molecular complexity index is 1380. The Kier molecular flexibility index (Phi) is 6.47. The van der Waals surface area contributed by atoms with E-state index in [1.165, 1.54) is 0 Å². The van der Waals surface area contributed by atoms with Crippen molar-refractivity contribution in [2.75, 3.05) is 42.9 Å². The summed E-state index contributed by atoms with van der Waals surface area (Å²) in [5, 5.41) is 7.59. The first-order valence-corrected chi connectivity index (χ1v) is 11.5. The Morgan fingerprint density at radius 3 is 2.67 bits per heavy atom. The zero-order valence-electron chi connectivity index (χ0n) is 19.2. The molecule has 1 aromatic carbocycles. The van der Waals surface area contributed by atoms with Gasteiger partial charge in [-0.3, -0.25) is 9.38 Å². The Balaban J connectivity index is 1.36. The minimum atomic E-state index is -4.48. The molecule has 3 aromatic heterocycles. The van der Waals surface area contributed by atoms with Crippen LogP contribution in [0.3, 0.4) is 0 Å². The molecule has 0 spiro atoms. The number of benzene rings is 1. The number of aromatic nitrogens is 3. The molecule has 36 heavy (non-hydrogen) atoms. The molecule has 1 aliphatic rings. The second kappa shape index (κ2) is 9.86. The van der Waals surface area contributed by atoms with E-state index in [1.54, 1.807) is 29.7 Å². The number of anilines is 2. The number of carbonyl (C=O) groups is 1. The van der Waals surface area contributed by atoms with E-state index < -0.39 is 18.8 Å². The minimum absolute atomic E-state index is 0.368. The third-order valence-electron chi connectivity index (χ3n) is 5.90. The third kappa shape index (κ3) is 5.41. The van der Waals surface area contributed by atoms with Crippen molar-refractivity contribution >= 4 is 23.1 Å². The molecular weight excluding hydrogens is 471 g/mol. The van der Waals surface area contributed by atoms with Crippen LogP contribution in [0.4, 0.5) is 29.3 Å². The molecule has 0 saturated carbocycles. The second-order valence-corrected chi connectivity index (χ2v) is 8.43. The molecule has 11 heteroatoms. The lowest BCUT2D eigenvalue weighted by atomic mass is 10.1. The molecule has 2 amide bonds. The van der Waals surface area contributed by atoms with Crippen LogP contribution in [0.15, 0.2) is 67.1 Å². The van der Waals surface area contributed by atoms with Gasteiger partial charge in [-0.2, -0.15) is 13.2 Å². The van der Waals surface area contributed by atoms with Gasteiger partial charge in [0.2, 0.25) is 0 Å². The van der Waals surface area contributed by atoms with Crippen molar-refractivity contribution in [2.45, 2.75) is 6.18 Å². The summed E-state index contributed by atoms with van der Waals surface area (Å²) >= 11 is 0. The zero-order chi connectivity index (χ0) is 25.1. The van der Waals surface area contributed by atoms with Crippen LogP contribution >= 0.6 is 0 Å². The van der Waals surface area contributed by atoms with Gasteiger partial charge in [-0.15, -0.1) is 0 Å². The number of piperazine rings is 1. The molecule has 1 aliphatic heterocycles. The molecule has 0 unspecified atom stereocenters. The summed E-state index contributed by atoms with van der Waals surface area (Å²) in [6.07, 6.45) is 0.961. The number of pyridine rings is 2. The van der Waals surface area contributed by atoms with Gasteiger partial charge in [0.05, 0.1) is 17.6 Å². The van der Waals surface area contributed by atoms with Gasteiger partial charge in [-0.1, -0.05) is 12.1 Å². The summed E-state index contributed by atoms with van der Waals surface area (Å²) in [5.74, 6) is 0. The molecule has 0 radical (unpaired) electrons. The highest BCUT2D eigenvalue weighted by Crippen LogP contribution is 2.28. The molecule has 0 aliphatic carbocycles. The van der Waals surface area contributed by atoms with Gasteiger partial charge in [0, 0.05) is 61.1 Å². The van der Waals surface area contributed by atoms with Crippen LogP contribution in [-0.2, 0) is 0 Å². The standard InChI is InChI=1S/C25H24F3N7O/c26-25(27,28)16-32-24(36)33-19-3-1-2-18(12-19)22-15-31-23-13-17(5-9-35(22)23)21-14-20(4-6-30-21)34-10-7-29-8-11-34/h1-6,9,12-15,29H,7-8,10-11,16H2,(H2,32,33,36). The fraction of sp³-hybridized carbons (Fsp3) is 0.240. The molecule has 8 nitrogen and oxygen atoms in total. The molecule has 4 aromatic rings. The number of imidazole rings is 1. The van der Waals surface area contributed by atoms with Gasteiger partial charge < -0.3 is 20.9 Å². The van der Waals surface area contributed by atoms with Gasteiger partial charge in [0.15, 0.2) is 0 Å². The van der Waals surface area contributed by atoms with E-state index in [-0.39, 0.29) is 0 Å². The fourth-order valence-corrected chi connectivity index (χ4v) is 4.16. The largest absolute Gasteiger partial charge is 0.405 e. The fourth-order valence-electron chi connectivity index (χ4n) is 4.16. The lowest BCUT2D eigenvalue weighted by Gasteiger charge is -2.29. The maximum Gasteiger partial charge on any atom is 0.405 e. The number of halogens is 3. The van der Waals surface area contributed by atoms with Crippen LogP contribution in [-0.4, -0.2) is 59.3 Å². The van der Waals surface area contributed by atoms with Crippen molar-refractivity contribution in [3.8, 4) is 22.5 Å². The smallest absolute Gasteiger partial charge is 0.369 e. The SMILES string of the molecule is O=C(NCC(F)(F)F)Nc1cccc(-c2cnc3cc(-c4cc(N5CCNCC5)ccn4)ccn23)c1. The van der Waals surface area contributed by atoms with E-state index in [9.17, 15) is 18.0 Å². The van der Waals surface area contributed by atoms with Gasteiger partial charge in [-0.25, -0.2) is 9.78 Å². The Morgan fingerprint density at radius 2 is 1.86 bits per heavy atom. The third-order valence-corrected chi connectivity index (χ3v) is 5.90. The van der Waals surface area contributed by atoms with E-state index in [4.69, 9.17) is 0 Å². The van der Waals surface area contributed by atoms with Crippen molar-refractivity contribution in [1.82, 2.24) is 25.0 Å². The normalized spacial score (nSPS) is 14.1. The highest BCUT2D eigenvalue weighted by Gasteiger charge is 2.27. The lowest BCUT2D eigenvalue weighted by molar-refractivity contribution is -0.122. The first kappa shape index (κ1) is 23.6. The van der Waals surface area contributed by atoms with Gasteiger partial charge in [0.1, 0.15) is 12.2 Å². The Morgan fingerprint density at radius 1 is 1.03 bits per heavy atom. The molecule has 1 saturated heterocycles. The number of hydrogen-bond donors (Lipinski definition) is 3. The van der Waals surface area contributed by atoms with Crippen LogP contribution in [0.5, 0.6) is 0 Å². The molecule has 0 atom stereocenters. The first-order chi connectivity index (χ1) is 17.4. The number of urea groups is 1. The Labute approximate surface area is 205 Å². The highest BCUT2D eigenvalue weighted by atomic mass is 19.4. The van der Waals surface area contributed by atoms with Gasteiger partial charge >= 0.3 is 12.2 Å². The van der Waals surface area contributed by atoms with Crippen LogP contribution in [0.1, 0.15) is 0 Å². The molecule has 4 heterocycles. The number of amides is 2. The number of hydrogen-bond acceptors (Lipinski definition) is 5. The number of fused-ring (bicyclic) bond motifs is 1. The van der Waals surface area contributed by atoms with Crippen molar-refractivity contribution in [1.29, 1.82) is 0 Å². The summed E-state index contributed by atoms with van der Waals surface area (Å²) in [7, 11) is 0. The number of nitrogens with one attached hydrogen (secondary N) is 3. The average Bonchev–Trinajstić information content (AvgIpc) is 3.31. The van der Waals surface area contributed by atoms with Crippen molar-refractivity contribution in [2.24, 2.45) is 0 Å². The van der Waals surface area contributed by atoms with E-state index in [0.717, 1.165) is 60.0 Å². The zero-order valence-corrected chi connectivity index (χ0v) is 19.2. The van der Waals surface area contributed by atoms with Crippen molar-refractivity contribution < 1.29 is 18.0 Å². The molecule has 1 fully saturated rings. The molecule has 0 bridgehead atoms. The van der Waals surface area contributed by atoms with Gasteiger partial charge in [0.25, 0.3) is 0 Å². The first-order valence-electron chi connectivity index (χ1n) is 11.5. The molecule has 3 N–H and O–H groups in total. The maximum atomic E-state index is 12.3. The van der Waals surface area contributed by atoms with Gasteiger partial charge in [-0.05, 0) is 36.4 Å². The maximum absolute atomic E-state index is 12.3. The molecular formula is C25H24F3N7O. The topological polar surface area (TPSA) is 86.6 Å². The van der Waals surface area contributed by atoms with E-state index >= 15 is 0 Å². The number of carbonyl (C=O) groups excluding carboxylic acids is 1. The van der Waals surface area contributed by atoms with E-state index in [0.29, 0.717) is 5.69 Å². The minimum Gasteiger partial charge on any atom is -0.369 e. The summed E-state index contributed by atoms with van der Waals surface area (Å²) in [5.41, 5.74) is 5.54. The number of nitrogens with zero attached hydrogens (tertiary/aromatic N) is 4. The lowest BCUT2D eigenvalue weighted by Crippen LogP contribution is -2.43. The molecule has 186 valence electrons. The summed E-state index contributed by atoms with van der Waals surface area (Å²) in [6, 6.07) is 13.9. The van der Waals surface area contributed by atoms with Crippen LogP contribution in [0.2, 0.25) is 0 Å². The highest BCUT2D eigenvalue weighted by molar-refractivity contribution is 5.90. The van der Waals surface area contributed by atoms with E-state index in [1.807, 2.05) is 41.1 Å². The number of alkyl halides is 3. The molecule has 5 rings (SSSR count). The van der Waals surface area contributed by atoms with E-state index in [2.05, 4.69) is 31.6 Å². The van der Waals surface area contributed by atoms with Crippen molar-refractivity contribution in [3.63, 3.8) is 0 Å². The van der Waals surface area contributed by atoms with Crippen LogP contribution < -0.4 is 20.9 Å². The summed E-state index contributed by atoms with van der Waals surface area (Å²) in [6.45, 7) is 2.40. The van der Waals surface area contributed by atoms with Crippen molar-refractivity contribution in [3.05, 3.63) is 67.1 Å². The number of rotatable bonds is 5. The Hall–Kier alpha value is -4.12. The predicted octanol–water partition coefficient (Wildman–Crippen LogP) is 4.16.